The Kier molecular flexibility index (Phi) is 2.77. The molecular weight excluding hydrogens is 288 g/mol. The molecule has 0 bridgehead atoms. The standard InChI is InChI=1S/C11H13BrN2OS/c12-10-3-8(6-16-10)11(15)14-2-1-7-4-13-5-9(7)14/h3,6-7,9,13H,1-2,4-5H2/t7-,9+/m0/s1. The maximum Gasteiger partial charge on any atom is 0.255 e. The highest BCUT2D eigenvalue weighted by Crippen LogP contribution is 2.30. The molecule has 86 valence electrons. The maximum absolute atomic E-state index is 12.3. The lowest BCUT2D eigenvalue weighted by Crippen LogP contribution is -2.38. The molecule has 0 aliphatic carbocycles. The number of fused-ring (bicyclic) bond motifs is 1. The fourth-order valence-corrected chi connectivity index (χ4v) is 3.82. The van der Waals surface area contributed by atoms with Gasteiger partial charge in [-0.2, -0.15) is 0 Å². The van der Waals surface area contributed by atoms with Crippen LogP contribution in [0.4, 0.5) is 0 Å². The van der Waals surface area contributed by atoms with E-state index in [0.29, 0.717) is 12.0 Å². The fourth-order valence-electron chi connectivity index (χ4n) is 2.69. The Morgan fingerprint density at radius 3 is 3.19 bits per heavy atom. The molecule has 0 unspecified atom stereocenters. The van der Waals surface area contributed by atoms with Crippen molar-refractivity contribution in [1.82, 2.24) is 10.2 Å². The van der Waals surface area contributed by atoms with Gasteiger partial charge in [-0.15, -0.1) is 11.3 Å². The monoisotopic (exact) mass is 300 g/mol. The molecule has 0 saturated carbocycles. The predicted octanol–water partition coefficient (Wildman–Crippen LogP) is 1.94. The minimum atomic E-state index is 0.193. The van der Waals surface area contributed by atoms with E-state index in [1.165, 1.54) is 0 Å². The number of amides is 1. The van der Waals surface area contributed by atoms with Crippen molar-refractivity contribution in [1.29, 1.82) is 0 Å². The van der Waals surface area contributed by atoms with Crippen LogP contribution in [0.25, 0.3) is 0 Å². The highest BCUT2D eigenvalue weighted by molar-refractivity contribution is 9.11. The Labute approximate surface area is 107 Å². The molecule has 0 radical (unpaired) electrons. The van der Waals surface area contributed by atoms with Gasteiger partial charge in [-0.3, -0.25) is 4.79 Å². The SMILES string of the molecule is O=C(c1csc(Br)c1)N1CC[C@H]2CNC[C@H]21. The molecule has 2 saturated heterocycles. The van der Waals surface area contributed by atoms with Crippen molar-refractivity contribution in [2.45, 2.75) is 12.5 Å². The summed E-state index contributed by atoms with van der Waals surface area (Å²) >= 11 is 4.97. The Hall–Kier alpha value is -0.390. The van der Waals surface area contributed by atoms with Crippen LogP contribution in [0.5, 0.6) is 0 Å². The topological polar surface area (TPSA) is 32.3 Å². The van der Waals surface area contributed by atoms with E-state index in [1.807, 2.05) is 16.3 Å². The van der Waals surface area contributed by atoms with Crippen molar-refractivity contribution in [3.8, 4) is 0 Å². The third kappa shape index (κ3) is 1.71. The minimum absolute atomic E-state index is 0.193. The van der Waals surface area contributed by atoms with Gasteiger partial charge in [0, 0.05) is 31.1 Å². The molecule has 16 heavy (non-hydrogen) atoms. The number of hydrogen-bond donors (Lipinski definition) is 1. The second-order valence-corrected chi connectivity index (χ2v) is 6.70. The van der Waals surface area contributed by atoms with Crippen LogP contribution in [-0.2, 0) is 0 Å². The van der Waals surface area contributed by atoms with Gasteiger partial charge in [-0.05, 0) is 34.3 Å². The van der Waals surface area contributed by atoms with Crippen LogP contribution in [0, 0.1) is 5.92 Å². The summed E-state index contributed by atoms with van der Waals surface area (Å²) in [5.74, 6) is 0.865. The molecule has 0 aromatic carbocycles. The van der Waals surface area contributed by atoms with Gasteiger partial charge < -0.3 is 10.2 Å². The highest BCUT2D eigenvalue weighted by Gasteiger charge is 2.40. The number of nitrogens with one attached hydrogen (secondary N) is 1. The molecule has 3 nitrogen and oxygen atoms in total. The number of nitrogens with zero attached hydrogens (tertiary/aromatic N) is 1. The summed E-state index contributed by atoms with van der Waals surface area (Å²) < 4.78 is 1.02. The van der Waals surface area contributed by atoms with E-state index in [2.05, 4.69) is 21.2 Å². The van der Waals surface area contributed by atoms with Crippen molar-refractivity contribution < 1.29 is 4.79 Å². The maximum atomic E-state index is 12.3. The number of hydrogen-bond acceptors (Lipinski definition) is 3. The van der Waals surface area contributed by atoms with Crippen molar-refractivity contribution in [2.75, 3.05) is 19.6 Å². The third-order valence-electron chi connectivity index (χ3n) is 3.52. The zero-order valence-corrected chi connectivity index (χ0v) is 11.2. The number of carbonyl (C=O) groups excluding carboxylic acids is 1. The van der Waals surface area contributed by atoms with Crippen LogP contribution in [0.1, 0.15) is 16.8 Å². The average molecular weight is 301 g/mol. The normalized spacial score (nSPS) is 28.4. The molecule has 2 atom stereocenters. The molecule has 2 aliphatic rings. The minimum Gasteiger partial charge on any atom is -0.334 e. The zero-order valence-electron chi connectivity index (χ0n) is 8.78. The first kappa shape index (κ1) is 10.7. The van der Waals surface area contributed by atoms with E-state index >= 15 is 0 Å². The van der Waals surface area contributed by atoms with Gasteiger partial charge in [-0.1, -0.05) is 0 Å². The van der Waals surface area contributed by atoms with Crippen molar-refractivity contribution >= 4 is 33.2 Å². The van der Waals surface area contributed by atoms with E-state index in [1.54, 1.807) is 11.3 Å². The first-order valence-electron chi connectivity index (χ1n) is 5.51. The van der Waals surface area contributed by atoms with Crippen LogP contribution < -0.4 is 5.32 Å². The smallest absolute Gasteiger partial charge is 0.255 e. The molecule has 5 heteroatoms. The van der Waals surface area contributed by atoms with E-state index in [9.17, 15) is 4.79 Å². The van der Waals surface area contributed by atoms with Gasteiger partial charge in [0.05, 0.1) is 9.35 Å². The first-order valence-corrected chi connectivity index (χ1v) is 7.18. The van der Waals surface area contributed by atoms with Gasteiger partial charge >= 0.3 is 0 Å². The molecule has 1 aromatic heterocycles. The van der Waals surface area contributed by atoms with Crippen LogP contribution >= 0.6 is 27.3 Å². The fraction of sp³-hybridized carbons (Fsp3) is 0.545. The number of rotatable bonds is 1. The van der Waals surface area contributed by atoms with Crippen molar-refractivity contribution in [3.63, 3.8) is 0 Å². The quantitative estimate of drug-likeness (QED) is 0.860. The summed E-state index contributed by atoms with van der Waals surface area (Å²) in [6, 6.07) is 2.34. The Morgan fingerprint density at radius 2 is 2.44 bits per heavy atom. The summed E-state index contributed by atoms with van der Waals surface area (Å²) in [5, 5.41) is 5.30. The van der Waals surface area contributed by atoms with Crippen LogP contribution in [0.2, 0.25) is 0 Å². The number of thiophene rings is 1. The van der Waals surface area contributed by atoms with Gasteiger partial charge in [-0.25, -0.2) is 0 Å². The average Bonchev–Trinajstić information content (AvgIpc) is 2.90. The number of carbonyl (C=O) groups is 1. The first-order chi connectivity index (χ1) is 7.75. The summed E-state index contributed by atoms with van der Waals surface area (Å²) in [7, 11) is 0. The Bertz CT molecular complexity index is 420. The van der Waals surface area contributed by atoms with E-state index in [4.69, 9.17) is 0 Å². The highest BCUT2D eigenvalue weighted by atomic mass is 79.9. The Morgan fingerprint density at radius 1 is 1.56 bits per heavy atom. The molecule has 3 rings (SSSR count). The molecule has 1 aromatic rings. The molecule has 2 aliphatic heterocycles. The van der Waals surface area contributed by atoms with Gasteiger partial charge in [0.15, 0.2) is 0 Å². The lowest BCUT2D eigenvalue weighted by atomic mass is 10.1. The zero-order chi connectivity index (χ0) is 11.1. The van der Waals surface area contributed by atoms with Gasteiger partial charge in [0.25, 0.3) is 5.91 Å². The van der Waals surface area contributed by atoms with Crippen molar-refractivity contribution in [3.05, 3.63) is 20.8 Å². The summed E-state index contributed by atoms with van der Waals surface area (Å²) in [6.07, 6.45) is 1.15. The third-order valence-corrected chi connectivity index (χ3v) is 5.03. The van der Waals surface area contributed by atoms with E-state index < -0.39 is 0 Å². The molecular formula is C11H13BrN2OS. The summed E-state index contributed by atoms with van der Waals surface area (Å²) in [6.45, 7) is 2.95. The lowest BCUT2D eigenvalue weighted by molar-refractivity contribution is 0.0737. The predicted molar refractivity (Wildman–Crippen MR) is 67.8 cm³/mol. The largest absolute Gasteiger partial charge is 0.334 e. The Balaban J connectivity index is 1.80. The lowest BCUT2D eigenvalue weighted by Gasteiger charge is -2.22. The summed E-state index contributed by atoms with van der Waals surface area (Å²) in [5.41, 5.74) is 0.824. The second kappa shape index (κ2) is 4.13. The second-order valence-electron chi connectivity index (χ2n) is 4.41. The van der Waals surface area contributed by atoms with Crippen molar-refractivity contribution in [2.24, 2.45) is 5.92 Å². The van der Waals surface area contributed by atoms with Crippen LogP contribution in [0.15, 0.2) is 15.2 Å². The number of halogens is 1. The van der Waals surface area contributed by atoms with Gasteiger partial charge in [0.2, 0.25) is 0 Å². The molecule has 0 spiro atoms. The van der Waals surface area contributed by atoms with Crippen LogP contribution in [-0.4, -0.2) is 36.5 Å². The van der Waals surface area contributed by atoms with E-state index in [0.717, 1.165) is 35.4 Å². The molecule has 1 N–H and O–H groups in total. The van der Waals surface area contributed by atoms with Gasteiger partial charge in [0.1, 0.15) is 0 Å². The molecule has 1 amide bonds. The summed E-state index contributed by atoms with van der Waals surface area (Å²) in [4.78, 5) is 14.3. The molecule has 2 fully saturated rings. The van der Waals surface area contributed by atoms with E-state index in [-0.39, 0.29) is 5.91 Å². The molecule has 3 heterocycles. The number of likely N-dealkylation sites (tertiary alicyclic amines) is 1. The van der Waals surface area contributed by atoms with Crippen LogP contribution in [0.3, 0.4) is 0 Å².